The second kappa shape index (κ2) is 7.09. The van der Waals surface area contributed by atoms with Gasteiger partial charge in [0.2, 0.25) is 0 Å². The standard InChI is InChI=1S/C14H27N5OS/c1-7-19(8-2)13-17-11(15)10(21-13)12(20)16-9-14(3,4)18(5)6/h7-9,15H2,1-6H3,(H,16,20). The fourth-order valence-corrected chi connectivity index (χ4v) is 2.68. The van der Waals surface area contributed by atoms with Gasteiger partial charge in [-0.1, -0.05) is 11.3 Å². The van der Waals surface area contributed by atoms with Gasteiger partial charge in [-0.2, -0.15) is 0 Å². The van der Waals surface area contributed by atoms with Crippen molar-refractivity contribution in [3.63, 3.8) is 0 Å². The van der Waals surface area contributed by atoms with Crippen molar-refractivity contribution < 1.29 is 4.79 Å². The molecule has 0 saturated heterocycles. The molecular formula is C14H27N5OS. The van der Waals surface area contributed by atoms with Gasteiger partial charge >= 0.3 is 0 Å². The second-order valence-corrected chi connectivity index (χ2v) is 6.75. The number of nitrogens with one attached hydrogen (secondary N) is 1. The molecule has 6 nitrogen and oxygen atoms in total. The van der Waals surface area contributed by atoms with Crippen molar-refractivity contribution >= 4 is 28.2 Å². The van der Waals surface area contributed by atoms with E-state index in [0.717, 1.165) is 18.2 Å². The maximum Gasteiger partial charge on any atom is 0.265 e. The number of hydrogen-bond donors (Lipinski definition) is 2. The van der Waals surface area contributed by atoms with Crippen molar-refractivity contribution in [1.29, 1.82) is 0 Å². The van der Waals surface area contributed by atoms with E-state index in [9.17, 15) is 4.79 Å². The predicted molar refractivity (Wildman–Crippen MR) is 90.2 cm³/mol. The van der Waals surface area contributed by atoms with Gasteiger partial charge in [0.05, 0.1) is 0 Å². The van der Waals surface area contributed by atoms with E-state index in [0.29, 0.717) is 17.2 Å². The maximum atomic E-state index is 12.3. The van der Waals surface area contributed by atoms with Gasteiger partial charge in [-0.3, -0.25) is 4.79 Å². The molecule has 0 aliphatic carbocycles. The molecule has 0 spiro atoms. The van der Waals surface area contributed by atoms with Gasteiger partial charge in [0, 0.05) is 25.2 Å². The number of aromatic nitrogens is 1. The molecule has 21 heavy (non-hydrogen) atoms. The Labute approximate surface area is 131 Å². The number of carbonyl (C=O) groups excluding carboxylic acids is 1. The van der Waals surface area contributed by atoms with Gasteiger partial charge in [0.25, 0.3) is 5.91 Å². The number of hydrogen-bond acceptors (Lipinski definition) is 6. The third-order valence-electron chi connectivity index (χ3n) is 3.77. The lowest BCUT2D eigenvalue weighted by Gasteiger charge is -2.32. The molecule has 7 heteroatoms. The number of carbonyl (C=O) groups is 1. The van der Waals surface area contributed by atoms with E-state index in [1.54, 1.807) is 0 Å². The van der Waals surface area contributed by atoms with Crippen molar-refractivity contribution in [2.75, 3.05) is 44.4 Å². The lowest BCUT2D eigenvalue weighted by atomic mass is 10.0. The Morgan fingerprint density at radius 3 is 2.38 bits per heavy atom. The van der Waals surface area contributed by atoms with Crippen molar-refractivity contribution in [2.24, 2.45) is 0 Å². The van der Waals surface area contributed by atoms with E-state index >= 15 is 0 Å². The molecular weight excluding hydrogens is 286 g/mol. The Balaban J connectivity index is 2.80. The second-order valence-electron chi connectivity index (χ2n) is 5.77. The molecule has 0 aromatic carbocycles. The number of nitrogen functional groups attached to an aromatic ring is 1. The van der Waals surface area contributed by atoms with Crippen molar-refractivity contribution in [3.8, 4) is 0 Å². The van der Waals surface area contributed by atoms with E-state index in [2.05, 4.69) is 47.8 Å². The van der Waals surface area contributed by atoms with Crippen molar-refractivity contribution in [2.45, 2.75) is 33.2 Å². The summed E-state index contributed by atoms with van der Waals surface area (Å²) >= 11 is 1.35. The number of nitrogens with zero attached hydrogens (tertiary/aromatic N) is 3. The molecule has 1 amide bonds. The van der Waals surface area contributed by atoms with Gasteiger partial charge < -0.3 is 20.9 Å². The largest absolute Gasteiger partial charge is 0.382 e. The zero-order valence-electron chi connectivity index (χ0n) is 13.9. The van der Waals surface area contributed by atoms with Crippen LogP contribution in [0.25, 0.3) is 0 Å². The van der Waals surface area contributed by atoms with Crippen LogP contribution in [0.15, 0.2) is 0 Å². The lowest BCUT2D eigenvalue weighted by molar-refractivity contribution is 0.0924. The van der Waals surface area contributed by atoms with Crippen LogP contribution in [0.1, 0.15) is 37.4 Å². The highest BCUT2D eigenvalue weighted by Gasteiger charge is 2.24. The number of thiazole rings is 1. The minimum absolute atomic E-state index is 0.114. The molecule has 3 N–H and O–H groups in total. The molecule has 0 atom stereocenters. The summed E-state index contributed by atoms with van der Waals surface area (Å²) in [6, 6.07) is 0. The molecule has 0 aliphatic heterocycles. The van der Waals surface area contributed by atoms with Gasteiger partial charge in [-0.05, 0) is 41.8 Å². The summed E-state index contributed by atoms with van der Waals surface area (Å²) < 4.78 is 0. The van der Waals surface area contributed by atoms with Crippen molar-refractivity contribution in [1.82, 2.24) is 15.2 Å². The van der Waals surface area contributed by atoms with E-state index < -0.39 is 0 Å². The molecule has 1 heterocycles. The molecule has 0 aliphatic rings. The quantitative estimate of drug-likeness (QED) is 0.800. The van der Waals surface area contributed by atoms with E-state index in [1.165, 1.54) is 11.3 Å². The van der Waals surface area contributed by atoms with E-state index in [1.807, 2.05) is 14.1 Å². The Bertz CT molecular complexity index is 480. The van der Waals surface area contributed by atoms with Crippen LogP contribution in [0.5, 0.6) is 0 Å². The smallest absolute Gasteiger partial charge is 0.265 e. The van der Waals surface area contributed by atoms with E-state index in [4.69, 9.17) is 5.73 Å². The van der Waals surface area contributed by atoms with Crippen LogP contribution in [0.3, 0.4) is 0 Å². The zero-order valence-corrected chi connectivity index (χ0v) is 14.7. The minimum Gasteiger partial charge on any atom is -0.382 e. The summed E-state index contributed by atoms with van der Waals surface area (Å²) in [5, 5.41) is 3.74. The molecule has 0 bridgehead atoms. The highest BCUT2D eigenvalue weighted by molar-refractivity contribution is 7.18. The number of rotatable bonds is 7. The van der Waals surface area contributed by atoms with E-state index in [-0.39, 0.29) is 11.4 Å². The Morgan fingerprint density at radius 2 is 1.90 bits per heavy atom. The number of amides is 1. The molecule has 1 rings (SSSR count). The zero-order chi connectivity index (χ0) is 16.2. The van der Waals surface area contributed by atoms with Gasteiger partial charge in [0.1, 0.15) is 10.7 Å². The molecule has 0 radical (unpaired) electrons. The van der Waals surface area contributed by atoms with Crippen LogP contribution >= 0.6 is 11.3 Å². The van der Waals surface area contributed by atoms with Gasteiger partial charge in [0.15, 0.2) is 5.13 Å². The first-order valence-electron chi connectivity index (χ1n) is 7.19. The fourth-order valence-electron chi connectivity index (χ4n) is 1.65. The summed E-state index contributed by atoms with van der Waals surface area (Å²) in [4.78, 5) is 21.2. The van der Waals surface area contributed by atoms with Crippen LogP contribution in [-0.4, -0.2) is 55.1 Å². The first-order chi connectivity index (χ1) is 9.72. The Morgan fingerprint density at radius 1 is 1.33 bits per heavy atom. The summed E-state index contributed by atoms with van der Waals surface area (Å²) in [6.45, 7) is 10.5. The Hall–Kier alpha value is -1.34. The SMILES string of the molecule is CCN(CC)c1nc(N)c(C(=O)NCC(C)(C)N(C)C)s1. The average Bonchev–Trinajstić information content (AvgIpc) is 2.79. The number of anilines is 2. The predicted octanol–water partition coefficient (Wildman–Crippen LogP) is 1.64. The van der Waals surface area contributed by atoms with Crippen LogP contribution in [0.4, 0.5) is 10.9 Å². The molecule has 1 aromatic rings. The summed E-state index contributed by atoms with van der Waals surface area (Å²) in [5.74, 6) is 0.153. The van der Waals surface area contributed by atoms with Crippen molar-refractivity contribution in [3.05, 3.63) is 4.88 Å². The number of likely N-dealkylation sites (N-methyl/N-ethyl adjacent to an activating group) is 1. The highest BCUT2D eigenvalue weighted by atomic mass is 32.1. The third kappa shape index (κ3) is 4.31. The van der Waals surface area contributed by atoms with Crippen LogP contribution in [0.2, 0.25) is 0 Å². The average molecular weight is 313 g/mol. The number of nitrogens with two attached hydrogens (primary N) is 1. The summed E-state index contributed by atoms with van der Waals surface area (Å²) in [5.41, 5.74) is 5.78. The first kappa shape index (κ1) is 17.7. The molecule has 0 fully saturated rings. The van der Waals surface area contributed by atoms with Crippen LogP contribution < -0.4 is 16.0 Å². The maximum absolute atomic E-state index is 12.3. The molecule has 0 unspecified atom stereocenters. The summed E-state index contributed by atoms with van der Waals surface area (Å²) in [6.07, 6.45) is 0. The minimum atomic E-state index is -0.154. The third-order valence-corrected chi connectivity index (χ3v) is 4.91. The molecule has 120 valence electrons. The molecule has 1 aromatic heterocycles. The monoisotopic (exact) mass is 313 g/mol. The van der Waals surface area contributed by atoms with Gasteiger partial charge in [-0.15, -0.1) is 0 Å². The fraction of sp³-hybridized carbons (Fsp3) is 0.714. The van der Waals surface area contributed by atoms with Crippen LogP contribution in [-0.2, 0) is 0 Å². The highest BCUT2D eigenvalue weighted by Crippen LogP contribution is 2.28. The first-order valence-corrected chi connectivity index (χ1v) is 8.01. The Kier molecular flexibility index (Phi) is 5.98. The molecule has 0 saturated carbocycles. The summed E-state index contributed by atoms with van der Waals surface area (Å²) in [7, 11) is 3.98. The van der Waals surface area contributed by atoms with Crippen LogP contribution in [0, 0.1) is 0 Å². The topological polar surface area (TPSA) is 74.5 Å². The van der Waals surface area contributed by atoms with Gasteiger partial charge in [-0.25, -0.2) is 4.98 Å². The lowest BCUT2D eigenvalue weighted by Crippen LogP contribution is -2.48. The normalized spacial score (nSPS) is 11.8.